The average molecular weight is 232 g/mol. The monoisotopic (exact) mass is 232 g/mol. The summed E-state index contributed by atoms with van der Waals surface area (Å²) in [6.45, 7) is 3.92. The van der Waals surface area contributed by atoms with Crippen LogP contribution in [0.5, 0.6) is 5.75 Å². The molecule has 1 fully saturated rings. The predicted octanol–water partition coefficient (Wildman–Crippen LogP) is 1.72. The Kier molecular flexibility index (Phi) is 3.04. The molecule has 1 saturated heterocycles. The highest BCUT2D eigenvalue weighted by Crippen LogP contribution is 2.31. The predicted molar refractivity (Wildman–Crippen MR) is 68.2 cm³/mol. The summed E-state index contributed by atoms with van der Waals surface area (Å²) >= 11 is 0. The molecule has 0 unspecified atom stereocenters. The van der Waals surface area contributed by atoms with Gasteiger partial charge in [0, 0.05) is 19.0 Å². The van der Waals surface area contributed by atoms with Gasteiger partial charge in [-0.2, -0.15) is 0 Å². The molecule has 0 saturated carbocycles. The van der Waals surface area contributed by atoms with E-state index in [1.807, 2.05) is 0 Å². The van der Waals surface area contributed by atoms with Crippen molar-refractivity contribution in [3.05, 3.63) is 29.3 Å². The Morgan fingerprint density at radius 2 is 2.12 bits per heavy atom. The molecule has 2 N–H and O–H groups in total. The molecule has 0 aliphatic carbocycles. The molecule has 2 heterocycles. The maximum absolute atomic E-state index is 5.96. The number of nitrogens with two attached hydrogens (primary N) is 1. The summed E-state index contributed by atoms with van der Waals surface area (Å²) in [6, 6.07) is 6.97. The molecule has 0 aromatic heterocycles. The third-order valence-corrected chi connectivity index (χ3v) is 3.90. The van der Waals surface area contributed by atoms with Gasteiger partial charge in [0.25, 0.3) is 0 Å². The Labute approximate surface area is 103 Å². The summed E-state index contributed by atoms with van der Waals surface area (Å²) < 4.78 is 5.55. The quantitative estimate of drug-likeness (QED) is 0.862. The van der Waals surface area contributed by atoms with Crippen molar-refractivity contribution in [1.29, 1.82) is 0 Å². The van der Waals surface area contributed by atoms with E-state index in [1.165, 1.54) is 37.1 Å². The molecule has 2 aliphatic rings. The van der Waals surface area contributed by atoms with Crippen LogP contribution in [0.25, 0.3) is 0 Å². The summed E-state index contributed by atoms with van der Waals surface area (Å²) in [4.78, 5) is 2.51. The first kappa shape index (κ1) is 11.1. The fourth-order valence-corrected chi connectivity index (χ4v) is 2.96. The summed E-state index contributed by atoms with van der Waals surface area (Å²) in [7, 11) is 0. The van der Waals surface area contributed by atoms with E-state index in [0.29, 0.717) is 12.6 Å². The van der Waals surface area contributed by atoms with E-state index in [2.05, 4.69) is 23.1 Å². The molecule has 0 radical (unpaired) electrons. The van der Waals surface area contributed by atoms with Gasteiger partial charge in [0.1, 0.15) is 5.75 Å². The Morgan fingerprint density at radius 3 is 2.88 bits per heavy atom. The van der Waals surface area contributed by atoms with Crippen LogP contribution in [0.15, 0.2) is 18.2 Å². The van der Waals surface area contributed by atoms with Crippen molar-refractivity contribution in [2.75, 3.05) is 26.2 Å². The van der Waals surface area contributed by atoms with E-state index in [-0.39, 0.29) is 0 Å². The Bertz CT molecular complexity index is 399. The average Bonchev–Trinajstić information content (AvgIpc) is 2.99. The molecule has 1 atom stereocenters. The van der Waals surface area contributed by atoms with Gasteiger partial charge in [0.15, 0.2) is 0 Å². The summed E-state index contributed by atoms with van der Waals surface area (Å²) in [5.41, 5.74) is 8.66. The number of hydrogen-bond acceptors (Lipinski definition) is 3. The molecule has 3 rings (SSSR count). The van der Waals surface area contributed by atoms with E-state index >= 15 is 0 Å². The molecular weight excluding hydrogens is 212 g/mol. The second kappa shape index (κ2) is 4.67. The molecule has 0 spiro atoms. The number of nitrogens with zero attached hydrogens (tertiary/aromatic N) is 1. The number of likely N-dealkylation sites (tertiary alicyclic amines) is 1. The molecule has 1 aromatic rings. The van der Waals surface area contributed by atoms with Crippen molar-refractivity contribution >= 4 is 0 Å². The van der Waals surface area contributed by atoms with Crippen molar-refractivity contribution in [3.8, 4) is 5.75 Å². The fraction of sp³-hybridized carbons (Fsp3) is 0.571. The standard InChI is InChI=1S/C14H20N2O/c15-10-13(16-6-1-2-7-16)11-3-4-14-12(9-11)5-8-17-14/h3-4,9,13H,1-2,5-8,10,15H2/t13-/m0/s1. The molecule has 17 heavy (non-hydrogen) atoms. The second-order valence-corrected chi connectivity index (χ2v) is 4.96. The first-order chi connectivity index (χ1) is 8.38. The van der Waals surface area contributed by atoms with Crippen LogP contribution in [0.3, 0.4) is 0 Å². The highest BCUT2D eigenvalue weighted by atomic mass is 16.5. The number of ether oxygens (including phenoxy) is 1. The highest BCUT2D eigenvalue weighted by Gasteiger charge is 2.23. The van der Waals surface area contributed by atoms with E-state index in [4.69, 9.17) is 10.5 Å². The van der Waals surface area contributed by atoms with Crippen molar-refractivity contribution in [1.82, 2.24) is 4.90 Å². The molecule has 3 heteroatoms. The molecule has 92 valence electrons. The maximum atomic E-state index is 5.96. The van der Waals surface area contributed by atoms with Crippen LogP contribution >= 0.6 is 0 Å². The number of fused-ring (bicyclic) bond motifs is 1. The fourth-order valence-electron chi connectivity index (χ4n) is 2.96. The van der Waals surface area contributed by atoms with Gasteiger partial charge in [0.2, 0.25) is 0 Å². The lowest BCUT2D eigenvalue weighted by molar-refractivity contribution is 0.251. The smallest absolute Gasteiger partial charge is 0.122 e. The van der Waals surface area contributed by atoms with Gasteiger partial charge < -0.3 is 10.5 Å². The molecule has 0 amide bonds. The Balaban J connectivity index is 1.85. The number of hydrogen-bond donors (Lipinski definition) is 1. The van der Waals surface area contributed by atoms with Crippen LogP contribution < -0.4 is 10.5 Å². The molecule has 0 bridgehead atoms. The van der Waals surface area contributed by atoms with Gasteiger partial charge in [0.05, 0.1) is 6.61 Å². The number of rotatable bonds is 3. The summed E-state index contributed by atoms with van der Waals surface area (Å²) in [6.07, 6.45) is 3.66. The van der Waals surface area contributed by atoms with Crippen molar-refractivity contribution < 1.29 is 4.74 Å². The lowest BCUT2D eigenvalue weighted by Gasteiger charge is -2.26. The van der Waals surface area contributed by atoms with E-state index < -0.39 is 0 Å². The van der Waals surface area contributed by atoms with E-state index in [9.17, 15) is 0 Å². The SMILES string of the molecule is NC[C@@H](c1ccc2c(c1)CCO2)N1CCCC1. The van der Waals surface area contributed by atoms with Gasteiger partial charge in [-0.3, -0.25) is 4.90 Å². The first-order valence-electron chi connectivity index (χ1n) is 6.58. The highest BCUT2D eigenvalue weighted by molar-refractivity contribution is 5.41. The van der Waals surface area contributed by atoms with Gasteiger partial charge in [-0.15, -0.1) is 0 Å². The van der Waals surface area contributed by atoms with Crippen LogP contribution in [0, 0.1) is 0 Å². The van der Waals surface area contributed by atoms with Gasteiger partial charge in [-0.05, 0) is 43.1 Å². The first-order valence-corrected chi connectivity index (χ1v) is 6.58. The normalized spacial score (nSPS) is 21.2. The van der Waals surface area contributed by atoms with Crippen molar-refractivity contribution in [3.63, 3.8) is 0 Å². The van der Waals surface area contributed by atoms with Crippen LogP contribution in [-0.2, 0) is 6.42 Å². The van der Waals surface area contributed by atoms with Gasteiger partial charge in [-0.25, -0.2) is 0 Å². The zero-order chi connectivity index (χ0) is 11.7. The van der Waals surface area contributed by atoms with Crippen LogP contribution in [-0.4, -0.2) is 31.1 Å². The van der Waals surface area contributed by atoms with E-state index in [1.54, 1.807) is 0 Å². The topological polar surface area (TPSA) is 38.5 Å². The van der Waals surface area contributed by atoms with Crippen LogP contribution in [0.4, 0.5) is 0 Å². The third-order valence-electron chi connectivity index (χ3n) is 3.90. The van der Waals surface area contributed by atoms with Gasteiger partial charge >= 0.3 is 0 Å². The third kappa shape index (κ3) is 2.05. The zero-order valence-electron chi connectivity index (χ0n) is 10.2. The second-order valence-electron chi connectivity index (χ2n) is 4.96. The summed E-state index contributed by atoms with van der Waals surface area (Å²) in [5.74, 6) is 1.06. The summed E-state index contributed by atoms with van der Waals surface area (Å²) in [5, 5.41) is 0. The Morgan fingerprint density at radius 1 is 1.29 bits per heavy atom. The zero-order valence-corrected chi connectivity index (χ0v) is 10.2. The lowest BCUT2D eigenvalue weighted by Crippen LogP contribution is -2.31. The largest absolute Gasteiger partial charge is 0.493 e. The minimum atomic E-state index is 0.392. The molecule has 3 nitrogen and oxygen atoms in total. The van der Waals surface area contributed by atoms with Gasteiger partial charge in [-0.1, -0.05) is 12.1 Å². The lowest BCUT2D eigenvalue weighted by atomic mass is 10.0. The molecule has 2 aliphatic heterocycles. The Hall–Kier alpha value is -1.06. The minimum absolute atomic E-state index is 0.392. The minimum Gasteiger partial charge on any atom is -0.493 e. The molecule has 1 aromatic carbocycles. The van der Waals surface area contributed by atoms with E-state index in [0.717, 1.165) is 18.8 Å². The maximum Gasteiger partial charge on any atom is 0.122 e. The number of benzene rings is 1. The van der Waals surface area contributed by atoms with Crippen molar-refractivity contribution in [2.45, 2.75) is 25.3 Å². The molecular formula is C14H20N2O. The van der Waals surface area contributed by atoms with Crippen molar-refractivity contribution in [2.24, 2.45) is 5.73 Å². The van der Waals surface area contributed by atoms with Crippen LogP contribution in [0.2, 0.25) is 0 Å². The van der Waals surface area contributed by atoms with Crippen LogP contribution in [0.1, 0.15) is 30.0 Å².